The number of rotatable bonds is 5. The van der Waals surface area contributed by atoms with Crippen molar-refractivity contribution in [2.45, 2.75) is 61.0 Å². The van der Waals surface area contributed by atoms with Crippen LogP contribution in [0.5, 0.6) is 0 Å². The summed E-state index contributed by atoms with van der Waals surface area (Å²) < 4.78 is 156. The van der Waals surface area contributed by atoms with Crippen LogP contribution < -0.4 is 4.72 Å². The van der Waals surface area contributed by atoms with E-state index in [-0.39, 0.29) is 0 Å². The van der Waals surface area contributed by atoms with E-state index < -0.39 is 117 Å². The van der Waals surface area contributed by atoms with E-state index in [9.17, 15) is 52.0 Å². The zero-order valence-electron chi connectivity index (χ0n) is 18.0. The Morgan fingerprint density at radius 2 is 1.43 bits per heavy atom. The lowest BCUT2D eigenvalue weighted by Gasteiger charge is -2.44. The zero-order chi connectivity index (χ0) is 26.4. The van der Waals surface area contributed by atoms with Gasteiger partial charge in [0, 0.05) is 24.7 Å². The Kier molecular flexibility index (Phi) is 7.54. The van der Waals surface area contributed by atoms with Crippen molar-refractivity contribution < 1.29 is 52.0 Å². The van der Waals surface area contributed by atoms with Crippen molar-refractivity contribution in [3.63, 3.8) is 0 Å². The van der Waals surface area contributed by atoms with Gasteiger partial charge < -0.3 is 0 Å². The molecule has 2 aliphatic rings. The minimum Gasteiger partial charge on any atom is -0.211 e. The monoisotopic (exact) mass is 558 g/mol. The van der Waals surface area contributed by atoms with Crippen LogP contribution in [0.2, 0.25) is 0 Å². The number of nitrogens with zero attached hydrogens (tertiary/aromatic N) is 1. The lowest BCUT2D eigenvalue weighted by atomic mass is 9.81. The highest BCUT2D eigenvalue weighted by molar-refractivity contribution is 7.90. The summed E-state index contributed by atoms with van der Waals surface area (Å²) in [5.74, 6) is -3.84. The van der Waals surface area contributed by atoms with E-state index in [4.69, 9.17) is 0 Å². The maximum atomic E-state index is 14.8. The largest absolute Gasteiger partial charge is 0.511 e. The number of hydrogen-bond acceptors (Lipinski definition) is 4. The summed E-state index contributed by atoms with van der Waals surface area (Å²) in [5.41, 5.74) is -6.21. The molecule has 1 saturated heterocycles. The second-order valence-corrected chi connectivity index (χ2v) is 12.6. The number of benzene rings is 1. The average Bonchev–Trinajstić information content (AvgIpc) is 2.74. The highest BCUT2D eigenvalue weighted by Crippen LogP contribution is 2.48. The molecule has 0 atom stereocenters. The van der Waals surface area contributed by atoms with Crippen LogP contribution in [-0.2, 0) is 24.8 Å². The Morgan fingerprint density at radius 1 is 0.886 bits per heavy atom. The number of alkyl halides is 6. The molecule has 200 valence electrons. The van der Waals surface area contributed by atoms with Crippen molar-refractivity contribution in [1.29, 1.82) is 0 Å². The van der Waals surface area contributed by atoms with Crippen LogP contribution in [-0.4, -0.2) is 52.0 Å². The molecule has 3 rings (SSSR count). The molecule has 0 unspecified atom stereocenters. The second kappa shape index (κ2) is 9.41. The maximum absolute atomic E-state index is 14.8. The SMILES string of the molecule is O=S(=O)(NC1CCC(c2cc(F)ccc2F)(S(=O)(=O)N2CCC(C(F)(F)F)CC2)CC1)C(F)(F)F. The summed E-state index contributed by atoms with van der Waals surface area (Å²) in [6.07, 6.45) is -7.72. The van der Waals surface area contributed by atoms with Gasteiger partial charge in [-0.05, 0) is 56.7 Å². The van der Waals surface area contributed by atoms with Crippen LogP contribution in [0.15, 0.2) is 18.2 Å². The van der Waals surface area contributed by atoms with Gasteiger partial charge in [0.1, 0.15) is 16.4 Å². The minimum atomic E-state index is -5.74. The van der Waals surface area contributed by atoms with Crippen LogP contribution in [0.4, 0.5) is 35.1 Å². The summed E-state index contributed by atoms with van der Waals surface area (Å²) in [6, 6.07) is 0.709. The van der Waals surface area contributed by atoms with Gasteiger partial charge in [0.2, 0.25) is 10.0 Å². The van der Waals surface area contributed by atoms with Crippen molar-refractivity contribution >= 4 is 20.0 Å². The molecule has 1 heterocycles. The van der Waals surface area contributed by atoms with Crippen LogP contribution >= 0.6 is 0 Å². The van der Waals surface area contributed by atoms with Gasteiger partial charge in [-0.3, -0.25) is 0 Å². The third kappa shape index (κ3) is 5.44. The van der Waals surface area contributed by atoms with Gasteiger partial charge >= 0.3 is 21.7 Å². The molecule has 35 heavy (non-hydrogen) atoms. The van der Waals surface area contributed by atoms with Crippen molar-refractivity contribution in [1.82, 2.24) is 9.03 Å². The Morgan fingerprint density at radius 3 is 1.91 bits per heavy atom. The van der Waals surface area contributed by atoms with Crippen molar-refractivity contribution in [2.75, 3.05) is 13.1 Å². The Labute approximate surface area is 196 Å². The first-order chi connectivity index (χ1) is 15.9. The molecule has 1 aliphatic carbocycles. The maximum Gasteiger partial charge on any atom is 0.511 e. The molecule has 1 N–H and O–H groups in total. The van der Waals surface area contributed by atoms with Crippen LogP contribution in [0, 0.1) is 17.6 Å². The molecule has 6 nitrogen and oxygen atoms in total. The minimum absolute atomic E-state index is 0.469. The van der Waals surface area contributed by atoms with E-state index in [2.05, 4.69) is 0 Å². The third-order valence-electron chi connectivity index (χ3n) is 6.59. The number of nitrogens with one attached hydrogen (secondary N) is 1. The normalized spacial score (nSPS) is 26.1. The molecule has 0 spiro atoms. The van der Waals surface area contributed by atoms with E-state index in [0.717, 1.165) is 10.4 Å². The molecule has 0 aromatic heterocycles. The molecular weight excluding hydrogens is 536 g/mol. The molecule has 1 aliphatic heterocycles. The molecule has 1 aromatic rings. The first-order valence-electron chi connectivity index (χ1n) is 10.5. The number of hydrogen-bond donors (Lipinski definition) is 1. The Hall–Kier alpha value is -1.52. The number of piperidine rings is 1. The average molecular weight is 559 g/mol. The third-order valence-corrected chi connectivity index (χ3v) is 10.5. The fraction of sp³-hybridized carbons (Fsp3) is 0.684. The van der Waals surface area contributed by atoms with Crippen molar-refractivity contribution in [3.05, 3.63) is 35.4 Å². The lowest BCUT2D eigenvalue weighted by Crippen LogP contribution is -2.54. The van der Waals surface area contributed by atoms with Gasteiger partial charge in [0.15, 0.2) is 0 Å². The van der Waals surface area contributed by atoms with Crippen molar-refractivity contribution in [3.8, 4) is 0 Å². The fourth-order valence-electron chi connectivity index (χ4n) is 4.67. The van der Waals surface area contributed by atoms with Crippen LogP contribution in [0.1, 0.15) is 44.1 Å². The summed E-state index contributed by atoms with van der Waals surface area (Å²) in [6.45, 7) is -1.06. The van der Waals surface area contributed by atoms with Gasteiger partial charge in [0.25, 0.3) is 0 Å². The first-order valence-corrected chi connectivity index (χ1v) is 13.4. The van der Waals surface area contributed by atoms with E-state index in [1.54, 1.807) is 0 Å². The molecule has 0 amide bonds. The first kappa shape index (κ1) is 28.1. The highest BCUT2D eigenvalue weighted by Gasteiger charge is 2.55. The van der Waals surface area contributed by atoms with E-state index in [1.165, 1.54) is 4.72 Å². The number of halogens is 8. The zero-order valence-corrected chi connectivity index (χ0v) is 19.6. The Bertz CT molecular complexity index is 1140. The highest BCUT2D eigenvalue weighted by atomic mass is 32.2. The predicted molar refractivity (Wildman–Crippen MR) is 108 cm³/mol. The quantitative estimate of drug-likeness (QED) is 0.551. The molecule has 16 heteroatoms. The van der Waals surface area contributed by atoms with E-state index >= 15 is 0 Å². The molecule has 1 aromatic carbocycles. The van der Waals surface area contributed by atoms with Gasteiger partial charge in [-0.15, -0.1) is 0 Å². The van der Waals surface area contributed by atoms with Crippen molar-refractivity contribution in [2.24, 2.45) is 5.92 Å². The summed E-state index contributed by atoms with van der Waals surface area (Å²) in [5, 5.41) is 0. The smallest absolute Gasteiger partial charge is 0.211 e. The van der Waals surface area contributed by atoms with E-state index in [0.29, 0.717) is 12.1 Å². The topological polar surface area (TPSA) is 83.5 Å². The van der Waals surface area contributed by atoms with Gasteiger partial charge in [0.05, 0.1) is 5.92 Å². The molecular formula is C19H22F8N2O4S2. The van der Waals surface area contributed by atoms with Gasteiger partial charge in [-0.2, -0.15) is 26.3 Å². The van der Waals surface area contributed by atoms with E-state index in [1.807, 2.05) is 0 Å². The predicted octanol–water partition coefficient (Wildman–Crippen LogP) is 4.15. The van der Waals surface area contributed by atoms with Gasteiger partial charge in [-0.25, -0.2) is 34.6 Å². The molecule has 0 radical (unpaired) electrons. The molecule has 2 fully saturated rings. The molecule has 1 saturated carbocycles. The summed E-state index contributed by atoms with van der Waals surface area (Å²) in [7, 11) is -10.4. The molecule has 0 bridgehead atoms. The Balaban J connectivity index is 1.94. The standard InChI is InChI=1S/C19H22F8N2O4S2/c20-13-1-2-16(21)15(11-13)17(7-3-14(4-8-17)28-34(30,31)19(25,26)27)35(32,33)29-9-5-12(6-10-29)18(22,23)24/h1-2,11-12,14,28H,3-10H2. The summed E-state index contributed by atoms with van der Waals surface area (Å²) >= 11 is 0. The number of sulfonamides is 2. The van der Waals surface area contributed by atoms with Crippen LogP contribution in [0.3, 0.4) is 0 Å². The summed E-state index contributed by atoms with van der Waals surface area (Å²) in [4.78, 5) is 0. The lowest BCUT2D eigenvalue weighted by molar-refractivity contribution is -0.182. The second-order valence-electron chi connectivity index (χ2n) is 8.68. The van der Waals surface area contributed by atoms with Crippen LogP contribution in [0.25, 0.3) is 0 Å². The fourth-order valence-corrected chi connectivity index (χ4v) is 7.85. The van der Waals surface area contributed by atoms with Gasteiger partial charge in [-0.1, -0.05) is 0 Å².